The summed E-state index contributed by atoms with van der Waals surface area (Å²) in [5.74, 6) is 0.763. The molecular weight excluding hydrogens is 179 g/mol. The standard InChI is InChI=1S/C9H17Cl2/c1-2-3-6-9(11)7-4-5-8-10/h9H,1-8H2. The fraction of sp³-hybridized carbons (Fsp3) is 0.889. The van der Waals surface area contributed by atoms with Crippen LogP contribution in [0.1, 0.15) is 38.5 Å². The Hall–Kier alpha value is 0.580. The maximum absolute atomic E-state index is 6.02. The second-order valence-corrected chi connectivity index (χ2v) is 3.77. The summed E-state index contributed by atoms with van der Waals surface area (Å²) < 4.78 is 0. The summed E-state index contributed by atoms with van der Waals surface area (Å²) in [6.07, 6.45) is 6.61. The van der Waals surface area contributed by atoms with E-state index in [-0.39, 0.29) is 0 Å². The number of rotatable bonds is 7. The summed E-state index contributed by atoms with van der Waals surface area (Å²) in [5, 5.41) is 0.347. The minimum atomic E-state index is 0.347. The van der Waals surface area contributed by atoms with Gasteiger partial charge in [0.1, 0.15) is 0 Å². The van der Waals surface area contributed by atoms with E-state index in [1.807, 2.05) is 0 Å². The van der Waals surface area contributed by atoms with Crippen LogP contribution in [0.15, 0.2) is 0 Å². The predicted octanol–water partition coefficient (Wildman–Crippen LogP) is 4.01. The minimum Gasteiger partial charge on any atom is -0.127 e. The molecule has 0 aliphatic rings. The summed E-state index contributed by atoms with van der Waals surface area (Å²) in [6.45, 7) is 3.77. The van der Waals surface area contributed by atoms with Crippen LogP contribution < -0.4 is 0 Å². The molecule has 0 rings (SSSR count). The average Bonchev–Trinajstić information content (AvgIpc) is 2.01. The minimum absolute atomic E-state index is 0.347. The van der Waals surface area contributed by atoms with E-state index in [1.165, 1.54) is 0 Å². The van der Waals surface area contributed by atoms with Crippen LogP contribution in [0.2, 0.25) is 0 Å². The molecule has 1 unspecified atom stereocenters. The highest BCUT2D eigenvalue weighted by Gasteiger charge is 2.02. The van der Waals surface area contributed by atoms with E-state index in [2.05, 4.69) is 6.92 Å². The summed E-state index contributed by atoms with van der Waals surface area (Å²) >= 11 is 11.6. The van der Waals surface area contributed by atoms with Crippen molar-refractivity contribution in [3.63, 3.8) is 0 Å². The molecule has 0 aliphatic heterocycles. The average molecular weight is 196 g/mol. The maximum Gasteiger partial charge on any atom is 0.0336 e. The van der Waals surface area contributed by atoms with E-state index in [4.69, 9.17) is 23.2 Å². The van der Waals surface area contributed by atoms with Gasteiger partial charge >= 0.3 is 0 Å². The molecule has 0 fully saturated rings. The van der Waals surface area contributed by atoms with E-state index < -0.39 is 0 Å². The Bertz CT molecular complexity index is 74.0. The van der Waals surface area contributed by atoms with E-state index >= 15 is 0 Å². The third-order valence-corrected chi connectivity index (χ3v) is 2.37. The molecule has 0 aliphatic carbocycles. The molecule has 0 spiro atoms. The van der Waals surface area contributed by atoms with Crippen molar-refractivity contribution < 1.29 is 0 Å². The number of hydrogen-bond donors (Lipinski definition) is 0. The van der Waals surface area contributed by atoms with Crippen molar-refractivity contribution in [2.45, 2.75) is 43.9 Å². The molecule has 11 heavy (non-hydrogen) atoms. The summed E-state index contributed by atoms with van der Waals surface area (Å²) in [4.78, 5) is 0. The molecule has 0 aromatic heterocycles. The van der Waals surface area contributed by atoms with E-state index in [9.17, 15) is 0 Å². The first kappa shape index (κ1) is 11.6. The molecule has 0 bridgehead atoms. The van der Waals surface area contributed by atoms with Crippen LogP contribution in [0.5, 0.6) is 0 Å². The molecule has 0 saturated heterocycles. The lowest BCUT2D eigenvalue weighted by atomic mass is 10.1. The zero-order valence-electron chi connectivity index (χ0n) is 6.99. The van der Waals surface area contributed by atoms with Crippen molar-refractivity contribution in [3.8, 4) is 0 Å². The van der Waals surface area contributed by atoms with Crippen LogP contribution in [-0.2, 0) is 0 Å². The Morgan fingerprint density at radius 3 is 2.27 bits per heavy atom. The summed E-state index contributed by atoms with van der Waals surface area (Å²) in [5.41, 5.74) is 0. The largest absolute Gasteiger partial charge is 0.127 e. The third kappa shape index (κ3) is 8.49. The molecular formula is C9H17Cl2. The topological polar surface area (TPSA) is 0 Å². The number of alkyl halides is 2. The van der Waals surface area contributed by atoms with Crippen LogP contribution in [0.4, 0.5) is 0 Å². The highest BCUT2D eigenvalue weighted by atomic mass is 35.5. The molecule has 0 nitrogen and oxygen atoms in total. The number of hydrogen-bond acceptors (Lipinski definition) is 0. The first-order chi connectivity index (χ1) is 5.31. The Balaban J connectivity index is 3.02. The highest BCUT2D eigenvalue weighted by molar-refractivity contribution is 6.20. The molecule has 0 heterocycles. The first-order valence-corrected chi connectivity index (χ1v) is 5.27. The smallest absolute Gasteiger partial charge is 0.0336 e. The quantitative estimate of drug-likeness (QED) is 0.426. The van der Waals surface area contributed by atoms with Gasteiger partial charge in [-0.3, -0.25) is 0 Å². The van der Waals surface area contributed by atoms with E-state index in [1.54, 1.807) is 0 Å². The van der Waals surface area contributed by atoms with Crippen molar-refractivity contribution in [1.29, 1.82) is 0 Å². The van der Waals surface area contributed by atoms with Crippen molar-refractivity contribution >= 4 is 23.2 Å². The van der Waals surface area contributed by atoms with Gasteiger partial charge in [0.05, 0.1) is 0 Å². The van der Waals surface area contributed by atoms with Crippen LogP contribution in [0.3, 0.4) is 0 Å². The Kier molecular flexibility index (Phi) is 9.13. The fourth-order valence-corrected chi connectivity index (χ4v) is 1.47. The van der Waals surface area contributed by atoms with Crippen molar-refractivity contribution in [1.82, 2.24) is 0 Å². The zero-order chi connectivity index (χ0) is 8.53. The van der Waals surface area contributed by atoms with Gasteiger partial charge in [0.15, 0.2) is 0 Å². The fourth-order valence-electron chi connectivity index (χ4n) is 0.970. The Morgan fingerprint density at radius 2 is 1.73 bits per heavy atom. The monoisotopic (exact) mass is 195 g/mol. The molecule has 1 atom stereocenters. The normalized spacial score (nSPS) is 13.4. The van der Waals surface area contributed by atoms with Gasteiger partial charge in [-0.05, 0) is 19.3 Å². The Labute approximate surface area is 80.3 Å². The van der Waals surface area contributed by atoms with Crippen LogP contribution in [0.25, 0.3) is 0 Å². The van der Waals surface area contributed by atoms with Gasteiger partial charge in [0, 0.05) is 11.3 Å². The van der Waals surface area contributed by atoms with E-state index in [0.717, 1.165) is 44.4 Å². The Morgan fingerprint density at radius 1 is 1.09 bits per heavy atom. The van der Waals surface area contributed by atoms with Gasteiger partial charge in [-0.25, -0.2) is 0 Å². The van der Waals surface area contributed by atoms with Gasteiger partial charge in [0.2, 0.25) is 0 Å². The molecule has 0 N–H and O–H groups in total. The lowest BCUT2D eigenvalue weighted by Gasteiger charge is -2.06. The van der Waals surface area contributed by atoms with Crippen LogP contribution in [0, 0.1) is 6.92 Å². The summed E-state index contributed by atoms with van der Waals surface area (Å²) in [7, 11) is 0. The van der Waals surface area contributed by atoms with Gasteiger partial charge < -0.3 is 0 Å². The number of unbranched alkanes of at least 4 members (excludes halogenated alkanes) is 2. The molecule has 1 radical (unpaired) electrons. The molecule has 2 heteroatoms. The van der Waals surface area contributed by atoms with Gasteiger partial charge in [-0.2, -0.15) is 0 Å². The summed E-state index contributed by atoms with van der Waals surface area (Å²) in [6, 6.07) is 0. The second kappa shape index (κ2) is 8.67. The SMILES string of the molecule is [CH2]CCCC(Cl)CCCCCl. The molecule has 0 saturated carbocycles. The van der Waals surface area contributed by atoms with Crippen LogP contribution >= 0.6 is 23.2 Å². The maximum atomic E-state index is 6.02. The lowest BCUT2D eigenvalue weighted by molar-refractivity contribution is 0.619. The molecule has 0 aromatic carbocycles. The molecule has 0 amide bonds. The first-order valence-electron chi connectivity index (χ1n) is 4.30. The second-order valence-electron chi connectivity index (χ2n) is 2.78. The van der Waals surface area contributed by atoms with Crippen molar-refractivity contribution in [3.05, 3.63) is 6.92 Å². The third-order valence-electron chi connectivity index (χ3n) is 1.67. The molecule has 0 aromatic rings. The van der Waals surface area contributed by atoms with Crippen molar-refractivity contribution in [2.24, 2.45) is 0 Å². The van der Waals surface area contributed by atoms with Gasteiger partial charge in [-0.15, -0.1) is 23.2 Å². The van der Waals surface area contributed by atoms with Crippen molar-refractivity contribution in [2.75, 3.05) is 5.88 Å². The lowest BCUT2D eigenvalue weighted by Crippen LogP contribution is -1.97. The molecule has 67 valence electrons. The van der Waals surface area contributed by atoms with Gasteiger partial charge in [0.25, 0.3) is 0 Å². The predicted molar refractivity (Wildman–Crippen MR) is 53.4 cm³/mol. The number of halogens is 2. The van der Waals surface area contributed by atoms with Crippen LogP contribution in [-0.4, -0.2) is 11.3 Å². The zero-order valence-corrected chi connectivity index (χ0v) is 8.50. The van der Waals surface area contributed by atoms with Gasteiger partial charge in [-0.1, -0.05) is 26.2 Å². The highest BCUT2D eigenvalue weighted by Crippen LogP contribution is 2.14. The van der Waals surface area contributed by atoms with E-state index in [0.29, 0.717) is 5.38 Å².